The summed E-state index contributed by atoms with van der Waals surface area (Å²) in [6.45, 7) is 10.4. The molecule has 0 saturated carbocycles. The van der Waals surface area contributed by atoms with Gasteiger partial charge in [0.25, 0.3) is 0 Å². The molecule has 16 heavy (non-hydrogen) atoms. The Morgan fingerprint density at radius 2 is 2.12 bits per heavy atom. The minimum absolute atomic E-state index is 0.0831. The van der Waals surface area contributed by atoms with E-state index in [1.807, 2.05) is 0 Å². The number of aliphatic hydroxyl groups excluding tert-OH is 1. The minimum atomic E-state index is -0.270. The molecule has 0 aromatic carbocycles. The maximum atomic E-state index is 10.1. The van der Waals surface area contributed by atoms with Gasteiger partial charge in [-0.2, -0.15) is 0 Å². The second-order valence-corrected chi connectivity index (χ2v) is 6.06. The van der Waals surface area contributed by atoms with Crippen LogP contribution >= 0.6 is 0 Å². The summed E-state index contributed by atoms with van der Waals surface area (Å²) in [5.41, 5.74) is 0.0831. The van der Waals surface area contributed by atoms with Gasteiger partial charge >= 0.3 is 0 Å². The summed E-state index contributed by atoms with van der Waals surface area (Å²) in [5.74, 6) is 0.788. The van der Waals surface area contributed by atoms with E-state index >= 15 is 0 Å². The fraction of sp³-hybridized carbons (Fsp3) is 1.00. The Balaban J connectivity index is 2.32. The zero-order chi connectivity index (χ0) is 12.2. The molecule has 1 rings (SSSR count). The molecular weight excluding hydrogens is 200 g/mol. The standard InChI is InChI=1S/C13H28N2O/c1-5-10-6-7-14-11(8-10)12(16)9-15-13(2,3)4/h10-12,14-16H,5-9H2,1-4H3. The molecule has 0 aliphatic carbocycles. The second kappa shape index (κ2) is 5.99. The number of rotatable bonds is 4. The molecule has 3 N–H and O–H groups in total. The van der Waals surface area contributed by atoms with Gasteiger partial charge in [-0.3, -0.25) is 0 Å². The van der Waals surface area contributed by atoms with E-state index in [4.69, 9.17) is 0 Å². The van der Waals surface area contributed by atoms with Crippen molar-refractivity contribution in [3.8, 4) is 0 Å². The van der Waals surface area contributed by atoms with Crippen molar-refractivity contribution in [2.75, 3.05) is 13.1 Å². The summed E-state index contributed by atoms with van der Waals surface area (Å²) in [7, 11) is 0. The van der Waals surface area contributed by atoms with E-state index in [-0.39, 0.29) is 17.7 Å². The molecule has 1 aliphatic heterocycles. The van der Waals surface area contributed by atoms with Crippen molar-refractivity contribution < 1.29 is 5.11 Å². The summed E-state index contributed by atoms with van der Waals surface area (Å²) in [6.07, 6.45) is 3.33. The topological polar surface area (TPSA) is 44.3 Å². The molecule has 96 valence electrons. The van der Waals surface area contributed by atoms with Gasteiger partial charge in [-0.05, 0) is 46.1 Å². The summed E-state index contributed by atoms with van der Waals surface area (Å²) in [6, 6.07) is 0.272. The highest BCUT2D eigenvalue weighted by molar-refractivity contribution is 4.85. The lowest BCUT2D eigenvalue weighted by molar-refractivity contribution is 0.0907. The largest absolute Gasteiger partial charge is 0.390 e. The van der Waals surface area contributed by atoms with Crippen LogP contribution in [0.2, 0.25) is 0 Å². The highest BCUT2D eigenvalue weighted by Crippen LogP contribution is 2.21. The number of hydrogen-bond acceptors (Lipinski definition) is 3. The van der Waals surface area contributed by atoms with Crippen LogP contribution in [0, 0.1) is 5.92 Å². The van der Waals surface area contributed by atoms with E-state index in [0.29, 0.717) is 6.54 Å². The minimum Gasteiger partial charge on any atom is -0.390 e. The molecule has 1 heterocycles. The smallest absolute Gasteiger partial charge is 0.0817 e. The zero-order valence-corrected chi connectivity index (χ0v) is 11.2. The monoisotopic (exact) mass is 228 g/mol. The predicted octanol–water partition coefficient (Wildman–Crippen LogP) is 1.51. The third kappa shape index (κ3) is 4.81. The molecule has 3 nitrogen and oxygen atoms in total. The number of piperidine rings is 1. The van der Waals surface area contributed by atoms with Gasteiger partial charge in [-0.25, -0.2) is 0 Å². The third-order valence-corrected chi connectivity index (χ3v) is 3.43. The first-order valence-electron chi connectivity index (χ1n) is 6.59. The quantitative estimate of drug-likeness (QED) is 0.683. The Kier molecular flexibility index (Phi) is 5.22. The van der Waals surface area contributed by atoms with Crippen LogP contribution in [0.4, 0.5) is 0 Å². The molecule has 0 aromatic rings. The van der Waals surface area contributed by atoms with E-state index in [1.54, 1.807) is 0 Å². The van der Waals surface area contributed by atoms with Crippen LogP contribution in [0.5, 0.6) is 0 Å². The van der Waals surface area contributed by atoms with E-state index in [2.05, 4.69) is 38.3 Å². The maximum absolute atomic E-state index is 10.1. The first-order chi connectivity index (χ1) is 7.42. The molecular formula is C13H28N2O. The van der Waals surface area contributed by atoms with Crippen LogP contribution in [-0.4, -0.2) is 35.9 Å². The lowest BCUT2D eigenvalue weighted by atomic mass is 9.88. The van der Waals surface area contributed by atoms with Crippen molar-refractivity contribution in [1.29, 1.82) is 0 Å². The second-order valence-electron chi connectivity index (χ2n) is 6.06. The first kappa shape index (κ1) is 13.9. The van der Waals surface area contributed by atoms with E-state index in [9.17, 15) is 5.11 Å². The zero-order valence-electron chi connectivity index (χ0n) is 11.2. The van der Waals surface area contributed by atoms with Gasteiger partial charge in [0, 0.05) is 18.1 Å². The molecule has 1 aliphatic rings. The summed E-state index contributed by atoms with van der Waals surface area (Å²) >= 11 is 0. The summed E-state index contributed by atoms with van der Waals surface area (Å²) in [4.78, 5) is 0. The van der Waals surface area contributed by atoms with Gasteiger partial charge in [-0.15, -0.1) is 0 Å². The molecule has 1 saturated heterocycles. The normalized spacial score (nSPS) is 29.1. The summed E-state index contributed by atoms with van der Waals surface area (Å²) < 4.78 is 0. The lowest BCUT2D eigenvalue weighted by Crippen LogP contribution is -2.51. The molecule has 0 spiro atoms. The molecule has 0 bridgehead atoms. The third-order valence-electron chi connectivity index (χ3n) is 3.43. The van der Waals surface area contributed by atoms with Crippen molar-refractivity contribution in [1.82, 2.24) is 10.6 Å². The molecule has 0 aromatic heterocycles. The van der Waals surface area contributed by atoms with Crippen LogP contribution in [-0.2, 0) is 0 Å². The maximum Gasteiger partial charge on any atom is 0.0817 e. The molecule has 0 radical (unpaired) electrons. The van der Waals surface area contributed by atoms with E-state index in [1.165, 1.54) is 12.8 Å². The fourth-order valence-electron chi connectivity index (χ4n) is 2.25. The number of nitrogens with one attached hydrogen (secondary N) is 2. The van der Waals surface area contributed by atoms with Gasteiger partial charge in [0.05, 0.1) is 6.10 Å². The summed E-state index contributed by atoms with van der Waals surface area (Å²) in [5, 5.41) is 16.9. The first-order valence-corrected chi connectivity index (χ1v) is 6.59. The number of hydrogen-bond donors (Lipinski definition) is 3. The Morgan fingerprint density at radius 1 is 1.44 bits per heavy atom. The number of aliphatic hydroxyl groups is 1. The highest BCUT2D eigenvalue weighted by atomic mass is 16.3. The molecule has 3 unspecified atom stereocenters. The Labute approximate surface area is 100 Å². The highest BCUT2D eigenvalue weighted by Gasteiger charge is 2.26. The molecule has 1 fully saturated rings. The fourth-order valence-corrected chi connectivity index (χ4v) is 2.25. The van der Waals surface area contributed by atoms with Gasteiger partial charge in [0.15, 0.2) is 0 Å². The Bertz CT molecular complexity index is 201. The Hall–Kier alpha value is -0.120. The van der Waals surface area contributed by atoms with E-state index < -0.39 is 0 Å². The average molecular weight is 228 g/mol. The van der Waals surface area contributed by atoms with Crippen LogP contribution < -0.4 is 10.6 Å². The Morgan fingerprint density at radius 3 is 2.69 bits per heavy atom. The molecule has 0 amide bonds. The van der Waals surface area contributed by atoms with Gasteiger partial charge in [0.2, 0.25) is 0 Å². The van der Waals surface area contributed by atoms with Crippen LogP contribution in [0.3, 0.4) is 0 Å². The van der Waals surface area contributed by atoms with Crippen LogP contribution in [0.15, 0.2) is 0 Å². The van der Waals surface area contributed by atoms with Gasteiger partial charge < -0.3 is 15.7 Å². The van der Waals surface area contributed by atoms with Crippen molar-refractivity contribution >= 4 is 0 Å². The molecule has 3 atom stereocenters. The number of β-amino-alcohol motifs (C(OH)–C–C–N with tert-alkyl or cyclic N) is 1. The van der Waals surface area contributed by atoms with Crippen LogP contribution in [0.1, 0.15) is 47.0 Å². The van der Waals surface area contributed by atoms with Gasteiger partial charge in [0.1, 0.15) is 0 Å². The average Bonchev–Trinajstić information content (AvgIpc) is 2.25. The van der Waals surface area contributed by atoms with Gasteiger partial charge in [-0.1, -0.05) is 13.3 Å². The van der Waals surface area contributed by atoms with Crippen LogP contribution in [0.25, 0.3) is 0 Å². The SMILES string of the molecule is CCC1CCNC(C(O)CNC(C)(C)C)C1. The van der Waals surface area contributed by atoms with E-state index in [0.717, 1.165) is 18.9 Å². The molecule has 3 heteroatoms. The predicted molar refractivity (Wildman–Crippen MR) is 68.6 cm³/mol. The van der Waals surface area contributed by atoms with Crippen molar-refractivity contribution in [2.24, 2.45) is 5.92 Å². The van der Waals surface area contributed by atoms with Crippen molar-refractivity contribution in [3.05, 3.63) is 0 Å². The lowest BCUT2D eigenvalue weighted by Gasteiger charge is -2.34. The van der Waals surface area contributed by atoms with Crippen molar-refractivity contribution in [3.63, 3.8) is 0 Å². The van der Waals surface area contributed by atoms with Crippen molar-refractivity contribution in [2.45, 2.75) is 64.6 Å².